The van der Waals surface area contributed by atoms with Crippen molar-refractivity contribution in [2.75, 3.05) is 27.2 Å². The topological polar surface area (TPSA) is 69.6 Å². The van der Waals surface area contributed by atoms with E-state index in [1.807, 2.05) is 19.0 Å². The van der Waals surface area contributed by atoms with E-state index in [1.165, 1.54) is 0 Å². The van der Waals surface area contributed by atoms with E-state index in [0.717, 1.165) is 0 Å². The molecule has 0 aliphatic rings. The maximum atomic E-state index is 11.1. The van der Waals surface area contributed by atoms with Crippen LogP contribution in [0.1, 0.15) is 13.3 Å². The Bertz CT molecular complexity index is 204. The largest absolute Gasteiger partial charge is 0.481 e. The van der Waals surface area contributed by atoms with Crippen molar-refractivity contribution < 1.29 is 14.7 Å². The zero-order chi connectivity index (χ0) is 11.1. The summed E-state index contributed by atoms with van der Waals surface area (Å²) in [6, 6.07) is 0. The Morgan fingerprint density at radius 1 is 1.43 bits per heavy atom. The highest BCUT2D eigenvalue weighted by Crippen LogP contribution is 1.92. The van der Waals surface area contributed by atoms with E-state index in [1.54, 1.807) is 6.92 Å². The summed E-state index contributed by atoms with van der Waals surface area (Å²) in [4.78, 5) is 23.5. The summed E-state index contributed by atoms with van der Waals surface area (Å²) in [6.07, 6.45) is 0.402. The number of aliphatic carboxylic acids is 1. The van der Waals surface area contributed by atoms with Gasteiger partial charge in [-0.15, -0.1) is 0 Å². The first-order chi connectivity index (χ1) is 6.43. The first-order valence-corrected chi connectivity index (χ1v) is 4.57. The van der Waals surface area contributed by atoms with E-state index >= 15 is 0 Å². The quantitative estimate of drug-likeness (QED) is 0.624. The van der Waals surface area contributed by atoms with Crippen LogP contribution in [0.15, 0.2) is 0 Å². The Labute approximate surface area is 84.1 Å². The lowest BCUT2D eigenvalue weighted by Gasteiger charge is -2.11. The smallest absolute Gasteiger partial charge is 0.308 e. The van der Waals surface area contributed by atoms with Gasteiger partial charge in [0.2, 0.25) is 5.91 Å². The van der Waals surface area contributed by atoms with Crippen LogP contribution in [0.4, 0.5) is 0 Å². The van der Waals surface area contributed by atoms with E-state index < -0.39 is 11.9 Å². The maximum Gasteiger partial charge on any atom is 0.308 e. The van der Waals surface area contributed by atoms with Crippen LogP contribution in [0, 0.1) is 5.92 Å². The van der Waals surface area contributed by atoms with E-state index in [4.69, 9.17) is 5.11 Å². The van der Waals surface area contributed by atoms with Gasteiger partial charge in [0.15, 0.2) is 0 Å². The van der Waals surface area contributed by atoms with Gasteiger partial charge < -0.3 is 15.3 Å². The Morgan fingerprint density at radius 3 is 2.43 bits per heavy atom. The molecule has 0 aromatic carbocycles. The molecule has 5 heteroatoms. The number of hydrogen-bond donors (Lipinski definition) is 2. The molecule has 0 rings (SSSR count). The molecule has 2 N–H and O–H groups in total. The summed E-state index contributed by atoms with van der Waals surface area (Å²) in [5, 5.41) is 11.1. The minimum absolute atomic E-state index is 0.105. The molecule has 0 bridgehead atoms. The minimum Gasteiger partial charge on any atom is -0.481 e. The molecule has 0 spiro atoms. The summed E-state index contributed by atoms with van der Waals surface area (Å²) in [6.45, 7) is 2.43. The highest BCUT2D eigenvalue weighted by atomic mass is 16.4. The average molecular weight is 202 g/mol. The van der Waals surface area contributed by atoms with Crippen molar-refractivity contribution in [2.45, 2.75) is 13.3 Å². The van der Waals surface area contributed by atoms with Gasteiger partial charge in [0.25, 0.3) is 0 Å². The Kier molecular flexibility index (Phi) is 5.87. The van der Waals surface area contributed by atoms with Gasteiger partial charge >= 0.3 is 5.97 Å². The van der Waals surface area contributed by atoms with Crippen molar-refractivity contribution in [2.24, 2.45) is 5.92 Å². The third-order valence-electron chi connectivity index (χ3n) is 1.81. The molecule has 0 saturated carbocycles. The lowest BCUT2D eigenvalue weighted by atomic mass is 10.2. The predicted molar refractivity (Wildman–Crippen MR) is 53.0 cm³/mol. The first-order valence-electron chi connectivity index (χ1n) is 4.57. The maximum absolute atomic E-state index is 11.1. The molecule has 1 amide bonds. The zero-order valence-electron chi connectivity index (χ0n) is 8.91. The first kappa shape index (κ1) is 12.9. The van der Waals surface area contributed by atoms with E-state index in [9.17, 15) is 9.59 Å². The van der Waals surface area contributed by atoms with Crippen molar-refractivity contribution in [1.82, 2.24) is 10.2 Å². The van der Waals surface area contributed by atoms with Crippen LogP contribution < -0.4 is 5.32 Å². The molecule has 1 unspecified atom stereocenters. The number of nitrogens with one attached hydrogen (secondary N) is 1. The van der Waals surface area contributed by atoms with Gasteiger partial charge in [0.05, 0.1) is 5.92 Å². The predicted octanol–water partition coefficient (Wildman–Crippen LogP) is -0.225. The normalized spacial score (nSPS) is 12.6. The van der Waals surface area contributed by atoms with Crippen molar-refractivity contribution in [3.63, 3.8) is 0 Å². The monoisotopic (exact) mass is 202 g/mol. The van der Waals surface area contributed by atoms with Crippen LogP contribution >= 0.6 is 0 Å². The fourth-order valence-electron chi connectivity index (χ4n) is 0.768. The number of nitrogens with zero attached hydrogens (tertiary/aromatic N) is 1. The molecule has 0 radical (unpaired) electrons. The minimum atomic E-state index is -0.891. The molecule has 0 aromatic heterocycles. The van der Waals surface area contributed by atoms with E-state index in [-0.39, 0.29) is 12.5 Å². The molecule has 0 aliphatic carbocycles. The third kappa shape index (κ3) is 6.42. The number of carbonyl (C=O) groups excluding carboxylic acids is 1. The average Bonchev–Trinajstić information content (AvgIpc) is 2.10. The fraction of sp³-hybridized carbons (Fsp3) is 0.778. The number of amides is 1. The van der Waals surface area contributed by atoms with Gasteiger partial charge in [-0.2, -0.15) is 0 Å². The van der Waals surface area contributed by atoms with Gasteiger partial charge in [-0.05, 0) is 14.1 Å². The number of hydrogen-bond acceptors (Lipinski definition) is 3. The molecule has 0 saturated heterocycles. The molecule has 1 atom stereocenters. The van der Waals surface area contributed by atoms with Gasteiger partial charge in [0, 0.05) is 19.5 Å². The lowest BCUT2D eigenvalue weighted by molar-refractivity contribution is -0.141. The van der Waals surface area contributed by atoms with Gasteiger partial charge in [-0.25, -0.2) is 0 Å². The second-order valence-electron chi connectivity index (χ2n) is 3.60. The van der Waals surface area contributed by atoms with Gasteiger partial charge in [-0.1, -0.05) is 6.92 Å². The second-order valence-corrected chi connectivity index (χ2v) is 3.60. The van der Waals surface area contributed by atoms with Crippen molar-refractivity contribution >= 4 is 11.9 Å². The number of carboxylic acids is 1. The van der Waals surface area contributed by atoms with Crippen LogP contribution in [0.3, 0.4) is 0 Å². The molecule has 0 aliphatic heterocycles. The van der Waals surface area contributed by atoms with Gasteiger partial charge in [0.1, 0.15) is 0 Å². The molecular weight excluding hydrogens is 184 g/mol. The van der Waals surface area contributed by atoms with E-state index in [2.05, 4.69) is 5.32 Å². The number of carbonyl (C=O) groups is 2. The van der Waals surface area contributed by atoms with Crippen LogP contribution in [0.2, 0.25) is 0 Å². The van der Waals surface area contributed by atoms with Crippen LogP contribution in [-0.4, -0.2) is 49.1 Å². The van der Waals surface area contributed by atoms with Gasteiger partial charge in [-0.3, -0.25) is 9.59 Å². The molecule has 0 fully saturated rings. The highest BCUT2D eigenvalue weighted by Gasteiger charge is 2.11. The van der Waals surface area contributed by atoms with Crippen LogP contribution in [0.5, 0.6) is 0 Å². The molecule has 0 aromatic rings. The van der Waals surface area contributed by atoms with Crippen LogP contribution in [0.25, 0.3) is 0 Å². The number of carboxylic acid groups (broad SMARTS) is 1. The standard InChI is InChI=1S/C9H18N2O3/c1-7(9(13)14)6-10-8(12)4-5-11(2)3/h7H,4-6H2,1-3H3,(H,10,12)(H,13,14). The highest BCUT2D eigenvalue weighted by molar-refractivity contribution is 5.77. The van der Waals surface area contributed by atoms with Crippen molar-refractivity contribution in [3.05, 3.63) is 0 Å². The molecule has 0 heterocycles. The van der Waals surface area contributed by atoms with E-state index in [0.29, 0.717) is 13.0 Å². The third-order valence-corrected chi connectivity index (χ3v) is 1.81. The molecular formula is C9H18N2O3. The molecule has 5 nitrogen and oxygen atoms in total. The molecule has 82 valence electrons. The van der Waals surface area contributed by atoms with Crippen molar-refractivity contribution in [3.8, 4) is 0 Å². The Hall–Kier alpha value is -1.10. The number of rotatable bonds is 6. The Balaban J connectivity index is 3.59. The summed E-state index contributed by atoms with van der Waals surface area (Å²) < 4.78 is 0. The Morgan fingerprint density at radius 2 is 2.00 bits per heavy atom. The SMILES string of the molecule is CC(CNC(=O)CCN(C)C)C(=O)O. The summed E-state index contributed by atoms with van der Waals surface area (Å²) in [5.41, 5.74) is 0. The lowest BCUT2D eigenvalue weighted by Crippen LogP contribution is -2.33. The summed E-state index contributed by atoms with van der Waals surface area (Å²) in [5.74, 6) is -1.52. The van der Waals surface area contributed by atoms with Crippen LogP contribution in [-0.2, 0) is 9.59 Å². The van der Waals surface area contributed by atoms with Crippen molar-refractivity contribution in [1.29, 1.82) is 0 Å². The molecule has 14 heavy (non-hydrogen) atoms. The zero-order valence-corrected chi connectivity index (χ0v) is 8.91. The fourth-order valence-corrected chi connectivity index (χ4v) is 0.768. The summed E-state index contributed by atoms with van der Waals surface area (Å²) >= 11 is 0. The second kappa shape index (κ2) is 6.37. The summed E-state index contributed by atoms with van der Waals surface area (Å²) in [7, 11) is 3.76.